The van der Waals surface area contributed by atoms with Gasteiger partial charge >= 0.3 is 0 Å². The third kappa shape index (κ3) is 4.63. The Hall–Kier alpha value is -2.52. The van der Waals surface area contributed by atoms with Crippen molar-refractivity contribution in [3.8, 4) is 11.8 Å². The fraction of sp³-hybridized carbons (Fsp3) is 0.286. The number of methoxy groups -OCH3 is 1. The van der Waals surface area contributed by atoms with Crippen LogP contribution < -0.4 is 10.6 Å². The average Bonchev–Trinajstić information content (AvgIpc) is 2.43. The number of nitriles is 1. The molecular formula is C14H17N3O3. The number of aromatic hydroxyl groups is 1. The molecule has 0 aliphatic heterocycles. The third-order valence-electron chi connectivity index (χ3n) is 2.48. The van der Waals surface area contributed by atoms with Crippen LogP contribution in [0.4, 0.5) is 5.69 Å². The van der Waals surface area contributed by atoms with Crippen LogP contribution in [0.2, 0.25) is 0 Å². The molecule has 20 heavy (non-hydrogen) atoms. The summed E-state index contributed by atoms with van der Waals surface area (Å²) in [5, 5.41) is 23.9. The lowest BCUT2D eigenvalue weighted by Crippen LogP contribution is -2.28. The average molecular weight is 275 g/mol. The highest BCUT2D eigenvalue weighted by atomic mass is 16.5. The number of nitrogens with one attached hydrogen (secondary N) is 2. The van der Waals surface area contributed by atoms with Crippen LogP contribution in [0.1, 0.15) is 5.56 Å². The smallest absolute Gasteiger partial charge is 0.263 e. The van der Waals surface area contributed by atoms with Gasteiger partial charge < -0.3 is 20.5 Å². The molecule has 1 amide bonds. The molecule has 0 aromatic heterocycles. The molecule has 0 saturated heterocycles. The number of benzene rings is 1. The first-order valence-corrected chi connectivity index (χ1v) is 6.02. The number of carbonyl (C=O) groups excluding carboxylic acids is 1. The first-order valence-electron chi connectivity index (χ1n) is 6.02. The molecule has 0 saturated carbocycles. The first-order chi connectivity index (χ1) is 9.58. The van der Waals surface area contributed by atoms with Crippen molar-refractivity contribution in [2.24, 2.45) is 0 Å². The zero-order valence-corrected chi connectivity index (χ0v) is 11.4. The zero-order chi connectivity index (χ0) is 15.0. The minimum atomic E-state index is -0.496. The Morgan fingerprint density at radius 2 is 2.30 bits per heavy atom. The Labute approximate surface area is 117 Å². The number of anilines is 1. The third-order valence-corrected chi connectivity index (χ3v) is 2.48. The van der Waals surface area contributed by atoms with Gasteiger partial charge in [-0.2, -0.15) is 5.26 Å². The summed E-state index contributed by atoms with van der Waals surface area (Å²) in [4.78, 5) is 11.7. The number of aryl methyl sites for hydroxylation is 1. The van der Waals surface area contributed by atoms with Gasteiger partial charge in [-0.1, -0.05) is 6.07 Å². The van der Waals surface area contributed by atoms with E-state index in [9.17, 15) is 9.90 Å². The van der Waals surface area contributed by atoms with E-state index in [1.165, 1.54) is 19.4 Å². The van der Waals surface area contributed by atoms with Gasteiger partial charge in [0, 0.05) is 19.9 Å². The van der Waals surface area contributed by atoms with Gasteiger partial charge in [0.2, 0.25) is 0 Å². The van der Waals surface area contributed by atoms with Gasteiger partial charge in [0.25, 0.3) is 5.91 Å². The van der Waals surface area contributed by atoms with Crippen molar-refractivity contribution in [1.29, 1.82) is 5.26 Å². The highest BCUT2D eigenvalue weighted by Crippen LogP contribution is 2.23. The fourth-order valence-electron chi connectivity index (χ4n) is 1.43. The molecule has 1 aromatic rings. The van der Waals surface area contributed by atoms with E-state index in [4.69, 9.17) is 10.00 Å². The SMILES string of the molecule is COCCNC(=O)/C(C#N)=C\Nc1cc(C)ccc1O. The van der Waals surface area contributed by atoms with Gasteiger partial charge in [-0.05, 0) is 24.6 Å². The predicted molar refractivity (Wildman–Crippen MR) is 75.0 cm³/mol. The minimum Gasteiger partial charge on any atom is -0.506 e. The Balaban J connectivity index is 2.73. The van der Waals surface area contributed by atoms with Gasteiger partial charge in [-0.25, -0.2) is 0 Å². The van der Waals surface area contributed by atoms with E-state index in [1.54, 1.807) is 18.2 Å². The Bertz CT molecular complexity index is 547. The molecule has 1 rings (SSSR count). The number of rotatable bonds is 6. The van der Waals surface area contributed by atoms with E-state index in [2.05, 4.69) is 10.6 Å². The van der Waals surface area contributed by atoms with Crippen molar-refractivity contribution in [1.82, 2.24) is 5.32 Å². The summed E-state index contributed by atoms with van der Waals surface area (Å²) in [7, 11) is 1.52. The quantitative estimate of drug-likeness (QED) is 0.315. The molecule has 6 heteroatoms. The number of hydrogen-bond acceptors (Lipinski definition) is 5. The molecule has 0 atom stereocenters. The van der Waals surface area contributed by atoms with Crippen molar-refractivity contribution in [2.75, 3.05) is 25.6 Å². The summed E-state index contributed by atoms with van der Waals surface area (Å²) in [6.45, 7) is 2.57. The maximum atomic E-state index is 11.7. The lowest BCUT2D eigenvalue weighted by atomic mass is 10.2. The highest BCUT2D eigenvalue weighted by Gasteiger charge is 2.08. The largest absolute Gasteiger partial charge is 0.506 e. The van der Waals surface area contributed by atoms with Gasteiger partial charge in [0.05, 0.1) is 12.3 Å². The van der Waals surface area contributed by atoms with Crippen molar-refractivity contribution in [3.05, 3.63) is 35.5 Å². The standard InChI is InChI=1S/C14H17N3O3/c1-10-3-4-13(18)12(7-10)17-9-11(8-15)14(19)16-5-6-20-2/h3-4,7,9,17-18H,5-6H2,1-2H3,(H,16,19)/b11-9-. The van der Waals surface area contributed by atoms with Gasteiger partial charge in [-0.3, -0.25) is 4.79 Å². The molecule has 0 aliphatic rings. The number of hydrogen-bond donors (Lipinski definition) is 3. The molecular weight excluding hydrogens is 258 g/mol. The monoisotopic (exact) mass is 275 g/mol. The second kappa shape index (κ2) is 7.81. The van der Waals surface area contributed by atoms with Crippen LogP contribution in [0, 0.1) is 18.3 Å². The van der Waals surface area contributed by atoms with Crippen LogP contribution in [0.5, 0.6) is 5.75 Å². The fourth-order valence-corrected chi connectivity index (χ4v) is 1.43. The number of ether oxygens (including phenoxy) is 1. The van der Waals surface area contributed by atoms with E-state index in [1.807, 2.05) is 6.92 Å². The summed E-state index contributed by atoms with van der Waals surface area (Å²) in [6.07, 6.45) is 1.26. The normalized spacial score (nSPS) is 10.8. The molecule has 1 aromatic carbocycles. The Kier molecular flexibility index (Phi) is 6.07. The van der Waals surface area contributed by atoms with Gasteiger partial charge in [0.1, 0.15) is 17.4 Å². The van der Waals surface area contributed by atoms with Crippen LogP contribution in [-0.2, 0) is 9.53 Å². The second-order valence-electron chi connectivity index (χ2n) is 4.08. The van der Waals surface area contributed by atoms with Crippen LogP contribution in [0.15, 0.2) is 30.0 Å². The van der Waals surface area contributed by atoms with Gasteiger partial charge in [0.15, 0.2) is 0 Å². The molecule has 0 spiro atoms. The first kappa shape index (κ1) is 15.5. The van der Waals surface area contributed by atoms with E-state index >= 15 is 0 Å². The predicted octanol–water partition coefficient (Wildman–Crippen LogP) is 1.28. The van der Waals surface area contributed by atoms with Crippen molar-refractivity contribution >= 4 is 11.6 Å². The summed E-state index contributed by atoms with van der Waals surface area (Å²) >= 11 is 0. The van der Waals surface area contributed by atoms with Crippen molar-refractivity contribution in [2.45, 2.75) is 6.92 Å². The zero-order valence-electron chi connectivity index (χ0n) is 11.4. The number of amides is 1. The van der Waals surface area contributed by atoms with E-state index < -0.39 is 5.91 Å². The summed E-state index contributed by atoms with van der Waals surface area (Å²) in [6, 6.07) is 6.80. The second-order valence-corrected chi connectivity index (χ2v) is 4.08. The summed E-state index contributed by atoms with van der Waals surface area (Å²) in [5.41, 5.74) is 1.30. The Morgan fingerprint density at radius 1 is 1.55 bits per heavy atom. The molecule has 0 unspecified atom stereocenters. The minimum absolute atomic E-state index is 0.0453. The van der Waals surface area contributed by atoms with E-state index in [0.717, 1.165) is 5.56 Å². The van der Waals surface area contributed by atoms with Crippen LogP contribution >= 0.6 is 0 Å². The topological polar surface area (TPSA) is 94.4 Å². The number of phenols is 1. The van der Waals surface area contributed by atoms with Crippen LogP contribution in [0.25, 0.3) is 0 Å². The Morgan fingerprint density at radius 3 is 2.95 bits per heavy atom. The highest BCUT2D eigenvalue weighted by molar-refractivity contribution is 5.97. The number of nitrogens with zero attached hydrogens (tertiary/aromatic N) is 1. The molecule has 0 bridgehead atoms. The van der Waals surface area contributed by atoms with Crippen LogP contribution in [-0.4, -0.2) is 31.3 Å². The molecule has 0 fully saturated rings. The van der Waals surface area contributed by atoms with Crippen LogP contribution in [0.3, 0.4) is 0 Å². The molecule has 0 radical (unpaired) electrons. The molecule has 6 nitrogen and oxygen atoms in total. The van der Waals surface area contributed by atoms with Gasteiger partial charge in [-0.15, -0.1) is 0 Å². The van der Waals surface area contributed by atoms with Crippen molar-refractivity contribution < 1.29 is 14.6 Å². The number of carbonyl (C=O) groups is 1. The molecule has 0 heterocycles. The maximum absolute atomic E-state index is 11.7. The molecule has 3 N–H and O–H groups in total. The molecule has 106 valence electrons. The maximum Gasteiger partial charge on any atom is 0.263 e. The summed E-state index contributed by atoms with van der Waals surface area (Å²) < 4.78 is 4.80. The lowest BCUT2D eigenvalue weighted by Gasteiger charge is -2.07. The summed E-state index contributed by atoms with van der Waals surface area (Å²) in [5.74, 6) is -0.451. The van der Waals surface area contributed by atoms with E-state index in [0.29, 0.717) is 18.8 Å². The van der Waals surface area contributed by atoms with Crippen molar-refractivity contribution in [3.63, 3.8) is 0 Å². The lowest BCUT2D eigenvalue weighted by molar-refractivity contribution is -0.117. The van der Waals surface area contributed by atoms with E-state index in [-0.39, 0.29) is 11.3 Å². The number of phenolic OH excluding ortho intramolecular Hbond substituents is 1. The molecule has 0 aliphatic carbocycles.